The Kier molecular flexibility index (Phi) is 10.1. The molecule has 1 aliphatic carbocycles. The second kappa shape index (κ2) is 15.2. The minimum absolute atomic E-state index is 0.155. The van der Waals surface area contributed by atoms with Gasteiger partial charge in [-0.3, -0.25) is 0 Å². The molecule has 1 saturated carbocycles. The van der Waals surface area contributed by atoms with Crippen LogP contribution in [-0.4, -0.2) is 76.8 Å². The second-order valence-electron chi connectivity index (χ2n) is 13.4. The van der Waals surface area contributed by atoms with Crippen molar-refractivity contribution in [3.8, 4) is 33.5 Å². The number of imidazole rings is 1. The van der Waals surface area contributed by atoms with Gasteiger partial charge in [-0.15, -0.1) is 23.4 Å². The highest BCUT2D eigenvalue weighted by molar-refractivity contribution is 7.18. The minimum Gasteiger partial charge on any atom is -0.488 e. The van der Waals surface area contributed by atoms with Crippen molar-refractivity contribution < 1.29 is 32.2 Å². The van der Waals surface area contributed by atoms with Crippen molar-refractivity contribution in [2.45, 2.75) is 38.8 Å². The molecule has 284 valence electrons. The molecule has 0 radical (unpaired) electrons. The Morgan fingerprint density at radius 1 is 0.945 bits per heavy atom. The minimum atomic E-state index is -4.77. The van der Waals surface area contributed by atoms with Crippen LogP contribution in [0.3, 0.4) is 0 Å². The van der Waals surface area contributed by atoms with Crippen molar-refractivity contribution in [3.63, 3.8) is 0 Å². The lowest BCUT2D eigenvalue weighted by atomic mass is 10.1. The lowest BCUT2D eigenvalue weighted by molar-refractivity contribution is -0.274. The number of halogens is 3. The first-order chi connectivity index (χ1) is 26.7. The summed E-state index contributed by atoms with van der Waals surface area (Å²) in [6.07, 6.45) is -2.78. The number of esters is 1. The van der Waals surface area contributed by atoms with Gasteiger partial charge in [-0.2, -0.15) is 0 Å². The number of rotatable bonds is 12. The Hall–Kier alpha value is -5.67. The number of piperazine rings is 1. The quantitative estimate of drug-likeness (QED) is 0.122. The second-order valence-corrected chi connectivity index (χ2v) is 14.3. The van der Waals surface area contributed by atoms with Gasteiger partial charge < -0.3 is 33.9 Å². The van der Waals surface area contributed by atoms with Crippen molar-refractivity contribution in [1.82, 2.24) is 24.6 Å². The van der Waals surface area contributed by atoms with Crippen LogP contribution in [-0.2, 0) is 11.3 Å². The number of aromatic nitrogens is 4. The van der Waals surface area contributed by atoms with Crippen molar-refractivity contribution >= 4 is 44.8 Å². The molecule has 8 rings (SSSR count). The maximum absolute atomic E-state index is 12.9. The summed E-state index contributed by atoms with van der Waals surface area (Å²) in [6, 6.07) is 25.1. The lowest BCUT2D eigenvalue weighted by Gasteiger charge is -2.36. The average molecular weight is 770 g/mol. The van der Waals surface area contributed by atoms with Gasteiger partial charge in [-0.25, -0.2) is 9.78 Å². The van der Waals surface area contributed by atoms with Crippen molar-refractivity contribution in [2.24, 2.45) is 0 Å². The molecule has 0 bridgehead atoms. The summed E-state index contributed by atoms with van der Waals surface area (Å²) in [6.45, 7) is 6.84. The molecule has 15 heteroatoms. The number of hydrogen-bond donors (Lipinski definition) is 1. The van der Waals surface area contributed by atoms with E-state index in [0.717, 1.165) is 73.5 Å². The summed E-state index contributed by atoms with van der Waals surface area (Å²) in [5, 5.41) is 13.8. The molecule has 11 nitrogen and oxygen atoms in total. The van der Waals surface area contributed by atoms with E-state index in [1.807, 2.05) is 42.5 Å². The van der Waals surface area contributed by atoms with Gasteiger partial charge in [0.1, 0.15) is 23.9 Å². The number of benzene rings is 4. The third-order valence-electron chi connectivity index (χ3n) is 9.82. The summed E-state index contributed by atoms with van der Waals surface area (Å²) in [4.78, 5) is 22.2. The maximum Gasteiger partial charge on any atom is 0.573 e. The van der Waals surface area contributed by atoms with Crippen LogP contribution in [0.5, 0.6) is 11.5 Å². The number of nitrogens with zero attached hydrogens (tertiary/aromatic N) is 6. The predicted octanol–water partition coefficient (Wildman–Crippen LogP) is 8.71. The molecule has 4 aromatic carbocycles. The molecule has 2 aliphatic rings. The van der Waals surface area contributed by atoms with Gasteiger partial charge in [-0.05, 0) is 74.0 Å². The van der Waals surface area contributed by atoms with Crippen LogP contribution in [0, 0.1) is 0 Å². The van der Waals surface area contributed by atoms with E-state index < -0.39 is 12.3 Å². The molecule has 0 spiro atoms. The third kappa shape index (κ3) is 7.94. The summed E-state index contributed by atoms with van der Waals surface area (Å²) < 4.78 is 56.1. The number of methoxy groups -OCH3 is 1. The molecule has 2 aromatic heterocycles. The Labute approximate surface area is 319 Å². The Morgan fingerprint density at radius 2 is 1.69 bits per heavy atom. The highest BCUT2D eigenvalue weighted by Gasteiger charge is 2.32. The number of carbonyl (C=O) groups is 1. The van der Waals surface area contributed by atoms with Gasteiger partial charge in [0.15, 0.2) is 5.01 Å². The topological polar surface area (TPSA) is 107 Å². The summed E-state index contributed by atoms with van der Waals surface area (Å²) in [7, 11) is 1.35. The van der Waals surface area contributed by atoms with Crippen molar-refractivity contribution in [2.75, 3.05) is 50.1 Å². The molecule has 1 N–H and O–H groups in total. The fourth-order valence-corrected chi connectivity index (χ4v) is 7.67. The number of fused-ring (bicyclic) bond motifs is 1. The number of ether oxygens (including phenoxy) is 3. The zero-order valence-electron chi connectivity index (χ0n) is 30.2. The van der Waals surface area contributed by atoms with Crippen molar-refractivity contribution in [3.05, 3.63) is 96.1 Å². The molecule has 2 fully saturated rings. The standard InChI is InChI=1S/C40H38F3N7O4S/c1-3-48-18-20-49(21-19-48)33-23-34-32(44-36(50(34)27-14-15-27)25-12-16-28(17-13-25)54-40(41,42)43)22-31(33)45-39-47-46-37(55-39)30-10-6-7-11-35(30)53-24-26-8-4-5-9-29(26)38(51)52-2/h4-13,16-17,22-23,27H,3,14-15,18-21,24H2,1-2H3,(H,45,47). The summed E-state index contributed by atoms with van der Waals surface area (Å²) >= 11 is 1.39. The molecule has 0 unspecified atom stereocenters. The van der Waals surface area contributed by atoms with Crippen LogP contribution in [0.15, 0.2) is 84.9 Å². The molecule has 0 atom stereocenters. The number of likely N-dealkylation sites (N-methyl/N-ethyl adjacent to an activating group) is 1. The van der Waals surface area contributed by atoms with E-state index in [9.17, 15) is 18.0 Å². The lowest BCUT2D eigenvalue weighted by Crippen LogP contribution is -2.46. The highest BCUT2D eigenvalue weighted by atomic mass is 32.1. The first kappa shape index (κ1) is 36.3. The van der Waals surface area contributed by atoms with Crippen molar-refractivity contribution in [1.29, 1.82) is 0 Å². The third-order valence-corrected chi connectivity index (χ3v) is 10.7. The fraction of sp³-hybridized carbons (Fsp3) is 0.300. The van der Waals surface area contributed by atoms with Crippen LogP contribution < -0.4 is 19.7 Å². The van der Waals surface area contributed by atoms with E-state index in [-0.39, 0.29) is 18.4 Å². The van der Waals surface area contributed by atoms with E-state index in [1.165, 1.54) is 30.6 Å². The number of alkyl halides is 3. The first-order valence-corrected chi connectivity index (χ1v) is 18.9. The Morgan fingerprint density at radius 3 is 2.42 bits per heavy atom. The number of carbonyl (C=O) groups excluding carboxylic acids is 1. The van der Waals surface area contributed by atoms with Crippen LogP contribution in [0.4, 0.5) is 29.7 Å². The van der Waals surface area contributed by atoms with E-state index in [2.05, 4.69) is 47.6 Å². The van der Waals surface area contributed by atoms with Gasteiger partial charge in [-0.1, -0.05) is 48.6 Å². The molecule has 1 aliphatic heterocycles. The fourth-order valence-electron chi connectivity index (χ4n) is 6.89. The SMILES string of the molecule is CCN1CCN(c2cc3c(cc2Nc2nnc(-c4ccccc4OCc4ccccc4C(=O)OC)s2)nc(-c2ccc(OC(F)(F)F)cc2)n3C2CC2)CC1. The van der Waals surface area contributed by atoms with Gasteiger partial charge >= 0.3 is 12.3 Å². The molecule has 6 aromatic rings. The smallest absolute Gasteiger partial charge is 0.488 e. The zero-order valence-corrected chi connectivity index (χ0v) is 31.0. The number of nitrogens with one attached hydrogen (secondary N) is 1. The Balaban J connectivity index is 1.11. The van der Waals surface area contributed by atoms with Crippen LogP contribution in [0.25, 0.3) is 33.0 Å². The summed E-state index contributed by atoms with van der Waals surface area (Å²) in [5.74, 6) is 0.581. The van der Waals surface area contributed by atoms with Gasteiger partial charge in [0.2, 0.25) is 5.13 Å². The average Bonchev–Trinajstić information content (AvgIpc) is 3.81. The Bertz CT molecular complexity index is 2320. The molecular formula is C40H38F3N7O4S. The normalized spacial score (nSPS) is 15.0. The predicted molar refractivity (Wildman–Crippen MR) is 205 cm³/mol. The van der Waals surface area contributed by atoms with Crippen LogP contribution >= 0.6 is 11.3 Å². The molecule has 1 saturated heterocycles. The molecule has 55 heavy (non-hydrogen) atoms. The number of hydrogen-bond acceptors (Lipinski definition) is 11. The van der Waals surface area contributed by atoms with Gasteiger partial charge in [0.25, 0.3) is 0 Å². The summed E-state index contributed by atoms with van der Waals surface area (Å²) in [5.41, 5.74) is 6.15. The molecular weight excluding hydrogens is 732 g/mol. The number of para-hydroxylation sites is 1. The van der Waals surface area contributed by atoms with Crippen LogP contribution in [0.1, 0.15) is 41.7 Å². The zero-order chi connectivity index (χ0) is 38.1. The number of anilines is 3. The van der Waals surface area contributed by atoms with E-state index in [4.69, 9.17) is 14.5 Å². The monoisotopic (exact) mass is 769 g/mol. The van der Waals surface area contributed by atoms with Gasteiger partial charge in [0, 0.05) is 43.3 Å². The first-order valence-electron chi connectivity index (χ1n) is 18.1. The largest absolute Gasteiger partial charge is 0.573 e. The molecule has 0 amide bonds. The van der Waals surface area contributed by atoms with Gasteiger partial charge in [0.05, 0.1) is 40.6 Å². The molecule has 3 heterocycles. The van der Waals surface area contributed by atoms with E-state index in [0.29, 0.717) is 38.4 Å². The highest BCUT2D eigenvalue weighted by Crippen LogP contribution is 2.45. The maximum atomic E-state index is 12.9. The van der Waals surface area contributed by atoms with E-state index in [1.54, 1.807) is 24.3 Å². The van der Waals surface area contributed by atoms with E-state index >= 15 is 0 Å². The van der Waals surface area contributed by atoms with Crippen LogP contribution in [0.2, 0.25) is 0 Å².